The van der Waals surface area contributed by atoms with Crippen LogP contribution >= 0.6 is 11.3 Å². The predicted molar refractivity (Wildman–Crippen MR) is 108 cm³/mol. The molecule has 146 valence electrons. The van der Waals surface area contributed by atoms with E-state index in [1.807, 2.05) is 45.0 Å². The Morgan fingerprint density at radius 1 is 1.11 bits per heavy atom. The van der Waals surface area contributed by atoms with Gasteiger partial charge < -0.3 is 14.5 Å². The van der Waals surface area contributed by atoms with Crippen molar-refractivity contribution < 1.29 is 18.7 Å². The molecule has 0 radical (unpaired) electrons. The molecule has 0 bridgehead atoms. The summed E-state index contributed by atoms with van der Waals surface area (Å²) in [7, 11) is 0. The molecule has 0 saturated heterocycles. The van der Waals surface area contributed by atoms with E-state index < -0.39 is 5.97 Å². The van der Waals surface area contributed by atoms with Crippen LogP contribution in [0, 0.1) is 27.7 Å². The number of anilines is 1. The molecule has 0 atom stereocenters. The number of carbonyl (C=O) groups is 2. The molecular weight excluding hydrogens is 376 g/mol. The van der Waals surface area contributed by atoms with Crippen LogP contribution in [0.15, 0.2) is 34.1 Å². The van der Waals surface area contributed by atoms with Crippen LogP contribution in [0.5, 0.6) is 0 Å². The van der Waals surface area contributed by atoms with Crippen LogP contribution in [0.25, 0.3) is 0 Å². The van der Waals surface area contributed by atoms with Gasteiger partial charge in [-0.15, -0.1) is 11.3 Å². The third-order valence-electron chi connectivity index (χ3n) is 4.36. The summed E-state index contributed by atoms with van der Waals surface area (Å²) in [6.07, 6.45) is 0.172. The zero-order valence-corrected chi connectivity index (χ0v) is 17.1. The molecule has 2 aromatic heterocycles. The Morgan fingerprint density at radius 3 is 2.46 bits per heavy atom. The number of nitrogens with zero attached hydrogens (tertiary/aromatic N) is 1. The molecule has 1 amide bonds. The Labute approximate surface area is 167 Å². The van der Waals surface area contributed by atoms with Gasteiger partial charge in [0.05, 0.1) is 12.1 Å². The quantitative estimate of drug-likeness (QED) is 0.618. The molecule has 2 heterocycles. The fourth-order valence-corrected chi connectivity index (χ4v) is 3.56. The molecule has 0 unspecified atom stereocenters. The number of amides is 1. The molecule has 0 fully saturated rings. The van der Waals surface area contributed by atoms with Gasteiger partial charge in [-0.3, -0.25) is 4.79 Å². The lowest BCUT2D eigenvalue weighted by molar-refractivity contribution is -0.115. The van der Waals surface area contributed by atoms with Gasteiger partial charge in [-0.05, 0) is 39.8 Å². The van der Waals surface area contributed by atoms with Gasteiger partial charge in [0.25, 0.3) is 0 Å². The molecule has 7 heteroatoms. The van der Waals surface area contributed by atoms with Crippen LogP contribution in [-0.2, 0) is 22.6 Å². The zero-order valence-electron chi connectivity index (χ0n) is 16.3. The van der Waals surface area contributed by atoms with Crippen molar-refractivity contribution in [3.63, 3.8) is 0 Å². The van der Waals surface area contributed by atoms with Crippen LogP contribution in [0.4, 0.5) is 5.69 Å². The smallest absolute Gasteiger partial charge is 0.342 e. The molecule has 0 aliphatic carbocycles. The molecule has 6 nitrogen and oxygen atoms in total. The highest BCUT2D eigenvalue weighted by atomic mass is 32.1. The summed E-state index contributed by atoms with van der Waals surface area (Å²) in [6, 6.07) is 7.61. The fourth-order valence-electron chi connectivity index (χ4n) is 2.78. The molecular formula is C21H22N2O4S. The summed E-state index contributed by atoms with van der Waals surface area (Å²) < 4.78 is 10.8. The van der Waals surface area contributed by atoms with E-state index in [0.717, 1.165) is 16.8 Å². The number of esters is 1. The summed E-state index contributed by atoms with van der Waals surface area (Å²) >= 11 is 1.37. The van der Waals surface area contributed by atoms with Crippen molar-refractivity contribution in [2.45, 2.75) is 40.7 Å². The number of carbonyl (C=O) groups excluding carboxylic acids is 2. The molecule has 3 rings (SSSR count). The number of rotatable bonds is 6. The van der Waals surface area contributed by atoms with Crippen molar-refractivity contribution in [3.8, 4) is 0 Å². The molecule has 1 aromatic carbocycles. The minimum atomic E-state index is -0.432. The maximum Gasteiger partial charge on any atom is 0.342 e. The summed E-state index contributed by atoms with van der Waals surface area (Å²) in [5.74, 6) is 0.687. The van der Waals surface area contributed by atoms with Gasteiger partial charge >= 0.3 is 5.97 Å². The number of furan rings is 1. The highest BCUT2D eigenvalue weighted by Gasteiger charge is 2.20. The molecule has 0 spiro atoms. The number of hydrogen-bond donors (Lipinski definition) is 1. The van der Waals surface area contributed by atoms with E-state index in [2.05, 4.69) is 10.3 Å². The number of thiazole rings is 1. The minimum absolute atomic E-state index is 0.0536. The molecule has 0 aliphatic heterocycles. The Kier molecular flexibility index (Phi) is 5.94. The van der Waals surface area contributed by atoms with Crippen LogP contribution in [0.1, 0.15) is 43.7 Å². The molecule has 0 aliphatic rings. The molecule has 28 heavy (non-hydrogen) atoms. The SMILES string of the molecule is Cc1ccc(NC(=O)Cc2nc(COC(=O)c3c(C)oc(C)c3C)cs2)cc1. The largest absolute Gasteiger partial charge is 0.465 e. The van der Waals surface area contributed by atoms with Gasteiger partial charge in [-0.25, -0.2) is 9.78 Å². The van der Waals surface area contributed by atoms with Crippen molar-refractivity contribution in [3.05, 3.63) is 68.6 Å². The lowest BCUT2D eigenvalue weighted by Crippen LogP contribution is -2.14. The molecule has 1 N–H and O–H groups in total. The number of aryl methyl sites for hydroxylation is 3. The third-order valence-corrected chi connectivity index (χ3v) is 5.26. The van der Waals surface area contributed by atoms with Gasteiger partial charge in [0.15, 0.2) is 0 Å². The highest BCUT2D eigenvalue weighted by molar-refractivity contribution is 7.09. The summed E-state index contributed by atoms with van der Waals surface area (Å²) in [4.78, 5) is 28.9. The molecule has 3 aromatic rings. The number of benzene rings is 1. The van der Waals surface area contributed by atoms with E-state index >= 15 is 0 Å². The first-order valence-electron chi connectivity index (χ1n) is 8.87. The normalized spacial score (nSPS) is 10.7. The van der Waals surface area contributed by atoms with Crippen LogP contribution in [0.2, 0.25) is 0 Å². The average molecular weight is 398 g/mol. The van der Waals surface area contributed by atoms with E-state index in [9.17, 15) is 9.59 Å². The van der Waals surface area contributed by atoms with Crippen molar-refractivity contribution in [2.75, 3.05) is 5.32 Å². The zero-order chi connectivity index (χ0) is 20.3. The Morgan fingerprint density at radius 2 is 1.82 bits per heavy atom. The number of hydrogen-bond acceptors (Lipinski definition) is 6. The van der Waals surface area contributed by atoms with Gasteiger partial charge in [0.1, 0.15) is 28.7 Å². The Bertz CT molecular complexity index is 1000. The maximum atomic E-state index is 12.3. The first-order chi connectivity index (χ1) is 13.3. The van der Waals surface area contributed by atoms with Crippen LogP contribution in [-0.4, -0.2) is 16.9 Å². The van der Waals surface area contributed by atoms with Crippen LogP contribution < -0.4 is 5.32 Å². The monoisotopic (exact) mass is 398 g/mol. The third kappa shape index (κ3) is 4.67. The standard InChI is InChI=1S/C21H22N2O4S/c1-12-5-7-16(8-6-12)22-18(24)9-19-23-17(11-28-19)10-26-21(25)20-13(2)14(3)27-15(20)4/h5-8,11H,9-10H2,1-4H3,(H,22,24). The second kappa shape index (κ2) is 8.39. The first-order valence-corrected chi connectivity index (χ1v) is 9.75. The second-order valence-corrected chi connectivity index (χ2v) is 7.56. The number of nitrogens with one attached hydrogen (secondary N) is 1. The first kappa shape index (κ1) is 19.8. The van der Waals surface area contributed by atoms with Gasteiger partial charge in [-0.2, -0.15) is 0 Å². The number of aromatic nitrogens is 1. The Hall–Kier alpha value is -2.93. The average Bonchev–Trinajstić information content (AvgIpc) is 3.19. The summed E-state index contributed by atoms with van der Waals surface area (Å²) in [5.41, 5.74) is 3.75. The maximum absolute atomic E-state index is 12.3. The lowest BCUT2D eigenvalue weighted by Gasteiger charge is -2.04. The van der Waals surface area contributed by atoms with E-state index in [1.165, 1.54) is 11.3 Å². The van der Waals surface area contributed by atoms with E-state index in [1.54, 1.807) is 12.3 Å². The van der Waals surface area contributed by atoms with E-state index in [-0.39, 0.29) is 18.9 Å². The van der Waals surface area contributed by atoms with Crippen molar-refractivity contribution in [1.82, 2.24) is 4.98 Å². The highest BCUT2D eigenvalue weighted by Crippen LogP contribution is 2.22. The van der Waals surface area contributed by atoms with E-state index in [0.29, 0.717) is 27.8 Å². The second-order valence-electron chi connectivity index (χ2n) is 6.61. The van der Waals surface area contributed by atoms with Crippen molar-refractivity contribution >= 4 is 28.9 Å². The van der Waals surface area contributed by atoms with Crippen LogP contribution in [0.3, 0.4) is 0 Å². The van der Waals surface area contributed by atoms with E-state index in [4.69, 9.17) is 9.15 Å². The Balaban J connectivity index is 1.54. The number of ether oxygens (including phenoxy) is 1. The summed E-state index contributed by atoms with van der Waals surface area (Å²) in [5, 5.41) is 5.31. The van der Waals surface area contributed by atoms with Gasteiger partial charge in [0.2, 0.25) is 5.91 Å². The summed E-state index contributed by atoms with van der Waals surface area (Å²) in [6.45, 7) is 7.43. The fraction of sp³-hybridized carbons (Fsp3) is 0.286. The van der Waals surface area contributed by atoms with Crippen molar-refractivity contribution in [2.24, 2.45) is 0 Å². The van der Waals surface area contributed by atoms with Gasteiger partial charge in [-0.1, -0.05) is 17.7 Å². The van der Waals surface area contributed by atoms with Crippen molar-refractivity contribution in [1.29, 1.82) is 0 Å². The predicted octanol–water partition coefficient (Wildman–Crippen LogP) is 4.51. The topological polar surface area (TPSA) is 81.4 Å². The minimum Gasteiger partial charge on any atom is -0.465 e. The van der Waals surface area contributed by atoms with Gasteiger partial charge in [0, 0.05) is 16.6 Å². The molecule has 0 saturated carbocycles. The lowest BCUT2D eigenvalue weighted by atomic mass is 10.1.